The number of aromatic nitrogens is 4. The van der Waals surface area contributed by atoms with Crippen LogP contribution in [0.3, 0.4) is 0 Å². The first-order valence-electron chi connectivity index (χ1n) is 12.9. The Labute approximate surface area is 226 Å². The Morgan fingerprint density at radius 2 is 1.29 bits per heavy atom. The van der Waals surface area contributed by atoms with Crippen molar-refractivity contribution in [2.45, 2.75) is 51.5 Å². The van der Waals surface area contributed by atoms with E-state index in [4.69, 9.17) is 5.10 Å². The highest BCUT2D eigenvalue weighted by Crippen LogP contribution is 2.40. The van der Waals surface area contributed by atoms with E-state index in [1.165, 1.54) is 21.7 Å². The van der Waals surface area contributed by atoms with Crippen molar-refractivity contribution in [2.24, 2.45) is 0 Å². The van der Waals surface area contributed by atoms with Gasteiger partial charge in [0.25, 0.3) is 0 Å². The van der Waals surface area contributed by atoms with Crippen LogP contribution < -0.4 is 0 Å². The summed E-state index contributed by atoms with van der Waals surface area (Å²) in [5.41, 5.74) is 4.00. The minimum atomic E-state index is -3.22. The van der Waals surface area contributed by atoms with Gasteiger partial charge in [-0.25, -0.2) is 12.7 Å². The van der Waals surface area contributed by atoms with E-state index < -0.39 is 21.0 Å². The molecule has 5 rings (SSSR count). The van der Waals surface area contributed by atoms with Gasteiger partial charge in [-0.05, 0) is 68.0 Å². The second kappa shape index (κ2) is 11.2. The van der Waals surface area contributed by atoms with E-state index in [1.54, 1.807) is 4.80 Å². The van der Waals surface area contributed by atoms with Crippen molar-refractivity contribution in [3.8, 4) is 0 Å². The minimum Gasteiger partial charge on any atom is -0.213 e. The van der Waals surface area contributed by atoms with Crippen molar-refractivity contribution in [1.29, 1.82) is 0 Å². The molecule has 0 bridgehead atoms. The first-order valence-corrected chi connectivity index (χ1v) is 14.8. The van der Waals surface area contributed by atoms with Crippen molar-refractivity contribution in [3.05, 3.63) is 113 Å². The summed E-state index contributed by atoms with van der Waals surface area (Å²) >= 11 is 0. The van der Waals surface area contributed by atoms with Crippen LogP contribution in [0, 0.1) is 13.8 Å². The Balaban J connectivity index is 0.000000360. The van der Waals surface area contributed by atoms with E-state index in [0.717, 1.165) is 11.1 Å². The van der Waals surface area contributed by atoms with E-state index in [2.05, 4.69) is 86.5 Å². The molecule has 0 radical (unpaired) electrons. The molecule has 3 aromatic carbocycles. The Morgan fingerprint density at radius 3 is 1.79 bits per heavy atom. The average molecular weight is 532 g/mol. The Bertz CT molecular complexity index is 1420. The van der Waals surface area contributed by atoms with E-state index in [0.29, 0.717) is 31.8 Å². The lowest BCUT2D eigenvalue weighted by Gasteiger charge is -2.39. The minimum absolute atomic E-state index is 0.435. The van der Waals surface area contributed by atoms with Gasteiger partial charge in [0.05, 0.1) is 11.7 Å². The molecule has 0 atom stereocenters. The highest BCUT2D eigenvalue weighted by Gasteiger charge is 2.44. The second-order valence-electron chi connectivity index (χ2n) is 10.5. The Kier molecular flexibility index (Phi) is 8.13. The molecule has 0 aliphatic carbocycles. The first-order chi connectivity index (χ1) is 18.0. The zero-order valence-electron chi connectivity index (χ0n) is 22.9. The number of nitrogens with zero attached hydrogens (tertiary/aromatic N) is 5. The summed E-state index contributed by atoms with van der Waals surface area (Å²) < 4.78 is 25.6. The number of tetrazole rings is 1. The molecule has 200 valence electrons. The number of aryl methyl sites for hydroxylation is 2. The molecule has 1 aromatic heterocycles. The molecule has 2 heterocycles. The third-order valence-electron chi connectivity index (χ3n) is 7.62. The molecule has 0 spiro atoms. The largest absolute Gasteiger partial charge is 0.213 e. The molecule has 0 unspecified atom stereocenters. The van der Waals surface area contributed by atoms with Gasteiger partial charge in [0.1, 0.15) is 5.54 Å². The van der Waals surface area contributed by atoms with Crippen LogP contribution in [-0.2, 0) is 21.0 Å². The Hall–Kier alpha value is -3.36. The van der Waals surface area contributed by atoms with E-state index in [1.807, 2.05) is 36.4 Å². The maximum absolute atomic E-state index is 12.0. The van der Waals surface area contributed by atoms with E-state index in [-0.39, 0.29) is 0 Å². The molecule has 4 aromatic rings. The van der Waals surface area contributed by atoms with Crippen molar-refractivity contribution in [1.82, 2.24) is 24.5 Å². The third-order valence-corrected chi connectivity index (χ3v) is 8.92. The average Bonchev–Trinajstić information content (AvgIpc) is 3.43. The van der Waals surface area contributed by atoms with Gasteiger partial charge in [-0.15, -0.1) is 10.2 Å². The van der Waals surface area contributed by atoms with Crippen LogP contribution in [-0.4, -0.2) is 52.3 Å². The maximum atomic E-state index is 12.0. The number of piperidine rings is 1. The topological polar surface area (TPSA) is 81.0 Å². The summed E-state index contributed by atoms with van der Waals surface area (Å²) in [4.78, 5) is 1.67. The maximum Gasteiger partial charge on any atom is 0.211 e. The number of benzene rings is 3. The fourth-order valence-electron chi connectivity index (χ4n) is 4.86. The van der Waals surface area contributed by atoms with Gasteiger partial charge >= 0.3 is 0 Å². The smallest absolute Gasteiger partial charge is 0.211 e. The van der Waals surface area contributed by atoms with Crippen molar-refractivity contribution in [2.75, 3.05) is 19.3 Å². The summed E-state index contributed by atoms with van der Waals surface area (Å²) in [6, 6.07) is 28.6. The lowest BCUT2D eigenvalue weighted by molar-refractivity contribution is 0.255. The van der Waals surface area contributed by atoms with Crippen molar-refractivity contribution in [3.63, 3.8) is 0 Å². The Morgan fingerprint density at radius 1 is 0.789 bits per heavy atom. The summed E-state index contributed by atoms with van der Waals surface area (Å²) in [7, 11) is -3.22. The predicted octanol–water partition coefficient (Wildman–Crippen LogP) is 5.10. The van der Waals surface area contributed by atoms with E-state index in [9.17, 15) is 8.42 Å². The molecular weight excluding hydrogens is 494 g/mol. The van der Waals surface area contributed by atoms with Crippen LogP contribution in [0.5, 0.6) is 0 Å². The fourth-order valence-corrected chi connectivity index (χ4v) is 5.71. The van der Waals surface area contributed by atoms with Crippen LogP contribution in [0.4, 0.5) is 0 Å². The van der Waals surface area contributed by atoms with Gasteiger partial charge < -0.3 is 0 Å². The summed E-state index contributed by atoms with van der Waals surface area (Å²) in [6.07, 6.45) is 2.49. The fraction of sp³-hybridized carbons (Fsp3) is 0.367. The van der Waals surface area contributed by atoms with Gasteiger partial charge in [0.2, 0.25) is 10.0 Å². The zero-order chi connectivity index (χ0) is 27.4. The van der Waals surface area contributed by atoms with Crippen molar-refractivity contribution >= 4 is 10.0 Å². The van der Waals surface area contributed by atoms with Crippen LogP contribution in [0.1, 0.15) is 54.8 Å². The normalized spacial score (nSPS) is 15.9. The molecule has 38 heavy (non-hydrogen) atoms. The van der Waals surface area contributed by atoms with Gasteiger partial charge in [-0.2, -0.15) is 4.80 Å². The van der Waals surface area contributed by atoms with Crippen LogP contribution in [0.15, 0.2) is 84.9 Å². The molecule has 8 heteroatoms. The van der Waals surface area contributed by atoms with Crippen LogP contribution in [0.25, 0.3) is 0 Å². The van der Waals surface area contributed by atoms with Gasteiger partial charge in [-0.1, -0.05) is 84.9 Å². The molecule has 1 aliphatic rings. The molecule has 7 nitrogen and oxygen atoms in total. The molecular formula is C30H37N5O2S. The number of hydrogen-bond donors (Lipinski definition) is 0. The number of hydrogen-bond acceptors (Lipinski definition) is 5. The highest BCUT2D eigenvalue weighted by molar-refractivity contribution is 7.88. The summed E-state index contributed by atoms with van der Waals surface area (Å²) in [5.74, 6) is 0.644. The molecule has 0 N–H and O–H groups in total. The molecule has 0 amide bonds. The molecule has 1 aliphatic heterocycles. The predicted molar refractivity (Wildman–Crippen MR) is 151 cm³/mol. The lowest BCUT2D eigenvalue weighted by Crippen LogP contribution is -2.46. The zero-order valence-corrected chi connectivity index (χ0v) is 23.7. The summed E-state index contributed by atoms with van der Waals surface area (Å²) in [6.45, 7) is 9.24. The molecule has 0 saturated carbocycles. The second-order valence-corrected chi connectivity index (χ2v) is 12.5. The summed E-state index contributed by atoms with van der Waals surface area (Å²) in [5, 5.41) is 13.7. The quantitative estimate of drug-likeness (QED) is 0.358. The van der Waals surface area contributed by atoms with Gasteiger partial charge in [0.15, 0.2) is 5.82 Å². The van der Waals surface area contributed by atoms with Gasteiger partial charge in [0, 0.05) is 13.1 Å². The monoisotopic (exact) mass is 531 g/mol. The first kappa shape index (κ1) is 27.7. The third kappa shape index (κ3) is 5.87. The SMILES string of the molecule is CC(C)(c1ccccc1)n1nnc(C2(c3ccccc3)CCN(S(C)(=O)=O)CC2)n1.Cc1ccccc1C. The lowest BCUT2D eigenvalue weighted by atomic mass is 9.72. The van der Waals surface area contributed by atoms with Crippen LogP contribution >= 0.6 is 0 Å². The van der Waals surface area contributed by atoms with E-state index >= 15 is 0 Å². The standard InChI is InChI=1S/C22H27N5O2S.C8H10/c1-21(2,18-10-6-4-7-11-18)27-24-20(23-25-27)22(19-12-8-5-9-13-19)14-16-26(17-15-22)30(3,28)29;1-7-5-3-4-6-8(7)2/h4-13H,14-17H2,1-3H3;3-6H,1-2H3. The van der Waals surface area contributed by atoms with Crippen molar-refractivity contribution < 1.29 is 8.42 Å². The number of sulfonamides is 1. The van der Waals surface area contributed by atoms with Gasteiger partial charge in [-0.3, -0.25) is 0 Å². The number of rotatable bonds is 5. The molecule has 1 fully saturated rings. The molecule has 1 saturated heterocycles. The van der Waals surface area contributed by atoms with Crippen LogP contribution in [0.2, 0.25) is 0 Å². The highest BCUT2D eigenvalue weighted by atomic mass is 32.2.